The lowest BCUT2D eigenvalue weighted by Crippen LogP contribution is -2.29. The van der Waals surface area contributed by atoms with Crippen LogP contribution < -0.4 is 15.0 Å². The SMILES string of the molecule is CCOc1ccc(OCCSc2nc3cc(C(=O)OC)ccc3c(=O)n2CC2CCCO2)cc1. The number of hydrogen-bond acceptors (Lipinski definition) is 8. The average molecular weight is 485 g/mol. The van der Waals surface area contributed by atoms with Gasteiger partial charge in [0.15, 0.2) is 5.16 Å². The number of rotatable bonds is 10. The van der Waals surface area contributed by atoms with Crippen molar-refractivity contribution in [3.05, 3.63) is 58.4 Å². The lowest BCUT2D eigenvalue weighted by molar-refractivity contribution is 0.0601. The van der Waals surface area contributed by atoms with E-state index in [1.165, 1.54) is 18.9 Å². The van der Waals surface area contributed by atoms with Gasteiger partial charge in [-0.1, -0.05) is 11.8 Å². The van der Waals surface area contributed by atoms with E-state index in [1.54, 1.807) is 22.8 Å². The number of ether oxygens (including phenoxy) is 4. The fourth-order valence-electron chi connectivity index (χ4n) is 3.80. The molecule has 0 radical (unpaired) electrons. The smallest absolute Gasteiger partial charge is 0.337 e. The first-order chi connectivity index (χ1) is 16.6. The molecule has 1 atom stereocenters. The minimum Gasteiger partial charge on any atom is -0.494 e. The molecule has 1 unspecified atom stereocenters. The van der Waals surface area contributed by atoms with Crippen LogP contribution in [0.1, 0.15) is 30.1 Å². The van der Waals surface area contributed by atoms with Crippen LogP contribution in [0.5, 0.6) is 11.5 Å². The second-order valence-corrected chi connectivity index (χ2v) is 8.83. The highest BCUT2D eigenvalue weighted by Gasteiger charge is 2.21. The molecule has 1 aliphatic rings. The number of hydrogen-bond donors (Lipinski definition) is 0. The summed E-state index contributed by atoms with van der Waals surface area (Å²) in [6, 6.07) is 12.3. The highest BCUT2D eigenvalue weighted by molar-refractivity contribution is 7.99. The van der Waals surface area contributed by atoms with Gasteiger partial charge in [0.25, 0.3) is 5.56 Å². The first kappa shape index (κ1) is 24.1. The Morgan fingerprint density at radius 2 is 1.94 bits per heavy atom. The minimum absolute atomic E-state index is 0.00857. The number of thioether (sulfide) groups is 1. The summed E-state index contributed by atoms with van der Waals surface area (Å²) >= 11 is 1.44. The Morgan fingerprint density at radius 1 is 1.18 bits per heavy atom. The molecule has 2 aromatic carbocycles. The van der Waals surface area contributed by atoms with E-state index >= 15 is 0 Å². The number of nitrogens with zero attached hydrogens (tertiary/aromatic N) is 2. The zero-order chi connectivity index (χ0) is 23.9. The maximum Gasteiger partial charge on any atom is 0.337 e. The molecule has 0 spiro atoms. The molecule has 2 heterocycles. The summed E-state index contributed by atoms with van der Waals surface area (Å²) in [7, 11) is 1.32. The zero-order valence-electron chi connectivity index (χ0n) is 19.3. The Bertz CT molecular complexity index is 1190. The first-order valence-corrected chi connectivity index (χ1v) is 12.3. The maximum absolute atomic E-state index is 13.3. The highest BCUT2D eigenvalue weighted by Crippen LogP contribution is 2.23. The van der Waals surface area contributed by atoms with E-state index in [-0.39, 0.29) is 11.7 Å². The largest absolute Gasteiger partial charge is 0.494 e. The summed E-state index contributed by atoms with van der Waals surface area (Å²) in [6.45, 7) is 4.15. The quantitative estimate of drug-likeness (QED) is 0.185. The van der Waals surface area contributed by atoms with Crippen molar-refractivity contribution in [2.24, 2.45) is 0 Å². The number of aromatic nitrogens is 2. The van der Waals surface area contributed by atoms with Gasteiger partial charge in [0.2, 0.25) is 0 Å². The van der Waals surface area contributed by atoms with Crippen molar-refractivity contribution in [3.8, 4) is 11.5 Å². The topological polar surface area (TPSA) is 88.9 Å². The molecule has 3 aromatic rings. The predicted molar refractivity (Wildman–Crippen MR) is 130 cm³/mol. The lowest BCUT2D eigenvalue weighted by atomic mass is 10.1. The fraction of sp³-hybridized carbons (Fsp3) is 0.400. The molecule has 0 aliphatic carbocycles. The van der Waals surface area contributed by atoms with Crippen LogP contribution in [0.2, 0.25) is 0 Å². The summed E-state index contributed by atoms with van der Waals surface area (Å²) in [5, 5.41) is 1.03. The van der Waals surface area contributed by atoms with Crippen LogP contribution in [0.3, 0.4) is 0 Å². The van der Waals surface area contributed by atoms with E-state index in [1.807, 2.05) is 31.2 Å². The highest BCUT2D eigenvalue weighted by atomic mass is 32.2. The van der Waals surface area contributed by atoms with Gasteiger partial charge in [-0.2, -0.15) is 0 Å². The van der Waals surface area contributed by atoms with E-state index < -0.39 is 5.97 Å². The molecular weight excluding hydrogens is 456 g/mol. The minimum atomic E-state index is -0.467. The van der Waals surface area contributed by atoms with Gasteiger partial charge >= 0.3 is 5.97 Å². The van der Waals surface area contributed by atoms with Gasteiger partial charge in [0.1, 0.15) is 11.5 Å². The van der Waals surface area contributed by atoms with Crippen LogP contribution in [0, 0.1) is 0 Å². The molecule has 1 saturated heterocycles. The van der Waals surface area contributed by atoms with Crippen LogP contribution in [0.4, 0.5) is 0 Å². The van der Waals surface area contributed by atoms with Crippen molar-refractivity contribution in [2.45, 2.75) is 37.6 Å². The van der Waals surface area contributed by atoms with Gasteiger partial charge in [0, 0.05) is 12.4 Å². The summed E-state index contributed by atoms with van der Waals surface area (Å²) in [6.07, 6.45) is 1.89. The summed E-state index contributed by atoms with van der Waals surface area (Å²) in [5.41, 5.74) is 0.673. The van der Waals surface area contributed by atoms with Gasteiger partial charge in [-0.3, -0.25) is 9.36 Å². The van der Waals surface area contributed by atoms with E-state index in [9.17, 15) is 9.59 Å². The van der Waals surface area contributed by atoms with E-state index in [0.717, 1.165) is 24.3 Å². The predicted octanol–water partition coefficient (Wildman–Crippen LogP) is 3.93. The van der Waals surface area contributed by atoms with E-state index in [2.05, 4.69) is 0 Å². The summed E-state index contributed by atoms with van der Waals surface area (Å²) < 4.78 is 23.5. The number of esters is 1. The first-order valence-electron chi connectivity index (χ1n) is 11.3. The summed E-state index contributed by atoms with van der Waals surface area (Å²) in [4.78, 5) is 30.0. The third-order valence-corrected chi connectivity index (χ3v) is 6.41. The standard InChI is InChI=1S/C25H28N2O6S/c1-3-31-18-7-9-19(10-8-18)33-13-14-34-25-26-22-15-17(24(29)30-2)6-11-21(22)23(28)27(25)16-20-5-4-12-32-20/h6-11,15,20H,3-5,12-14,16H2,1-2H3. The Balaban J connectivity index is 1.52. The van der Waals surface area contributed by atoms with E-state index in [4.69, 9.17) is 23.9 Å². The Morgan fingerprint density at radius 3 is 2.62 bits per heavy atom. The van der Waals surface area contributed by atoms with Crippen LogP contribution >= 0.6 is 11.8 Å². The molecule has 0 bridgehead atoms. The van der Waals surface area contributed by atoms with Crippen molar-refractivity contribution in [1.29, 1.82) is 0 Å². The number of benzene rings is 2. The summed E-state index contributed by atoms with van der Waals surface area (Å²) in [5.74, 6) is 1.67. The molecule has 1 aliphatic heterocycles. The third-order valence-electron chi connectivity index (χ3n) is 5.47. The van der Waals surface area contributed by atoms with Crippen molar-refractivity contribution in [3.63, 3.8) is 0 Å². The average Bonchev–Trinajstić information content (AvgIpc) is 3.37. The number of carbonyl (C=O) groups is 1. The van der Waals surface area contributed by atoms with Gasteiger partial charge < -0.3 is 18.9 Å². The molecule has 1 fully saturated rings. The van der Waals surface area contributed by atoms with Crippen molar-refractivity contribution in [1.82, 2.24) is 9.55 Å². The molecule has 4 rings (SSSR count). The Hall–Kier alpha value is -3.04. The number of carbonyl (C=O) groups excluding carboxylic acids is 1. The van der Waals surface area contributed by atoms with Crippen molar-refractivity contribution in [2.75, 3.05) is 32.7 Å². The van der Waals surface area contributed by atoms with Gasteiger partial charge in [-0.25, -0.2) is 9.78 Å². The molecule has 0 saturated carbocycles. The van der Waals surface area contributed by atoms with Gasteiger partial charge in [-0.15, -0.1) is 0 Å². The molecule has 9 heteroatoms. The second kappa shape index (κ2) is 11.4. The molecule has 8 nitrogen and oxygen atoms in total. The lowest BCUT2D eigenvalue weighted by Gasteiger charge is -2.17. The van der Waals surface area contributed by atoms with Crippen LogP contribution in [0.15, 0.2) is 52.4 Å². The number of fused-ring (bicyclic) bond motifs is 1. The zero-order valence-corrected chi connectivity index (χ0v) is 20.1. The molecule has 34 heavy (non-hydrogen) atoms. The molecule has 0 N–H and O–H groups in total. The molecule has 0 amide bonds. The maximum atomic E-state index is 13.3. The Kier molecular flexibility index (Phi) is 8.08. The molecule has 180 valence electrons. The second-order valence-electron chi connectivity index (χ2n) is 7.77. The van der Waals surface area contributed by atoms with Crippen LogP contribution in [-0.4, -0.2) is 54.3 Å². The molecule has 1 aromatic heterocycles. The Labute approximate surface area is 202 Å². The fourth-order valence-corrected chi connectivity index (χ4v) is 4.63. The third kappa shape index (κ3) is 5.71. The van der Waals surface area contributed by atoms with Crippen LogP contribution in [-0.2, 0) is 16.0 Å². The van der Waals surface area contributed by atoms with Crippen LogP contribution in [0.25, 0.3) is 10.9 Å². The van der Waals surface area contributed by atoms with Gasteiger partial charge in [-0.05, 0) is 62.2 Å². The number of methoxy groups -OCH3 is 1. The molecular formula is C25H28N2O6S. The normalized spacial score (nSPS) is 15.4. The monoisotopic (exact) mass is 484 g/mol. The van der Waals surface area contributed by atoms with Gasteiger partial charge in [0.05, 0.1) is 49.4 Å². The van der Waals surface area contributed by atoms with Crippen molar-refractivity contribution < 1.29 is 23.7 Å². The van der Waals surface area contributed by atoms with Crippen molar-refractivity contribution >= 4 is 28.6 Å². The van der Waals surface area contributed by atoms with E-state index in [0.29, 0.717) is 53.7 Å².